The lowest BCUT2D eigenvalue weighted by molar-refractivity contribution is 0.193. The van der Waals surface area contributed by atoms with E-state index in [2.05, 4.69) is 5.32 Å². The first-order valence-electron chi connectivity index (χ1n) is 10.9. The highest BCUT2D eigenvalue weighted by molar-refractivity contribution is 6.30. The minimum Gasteiger partial charge on any atom is -0.315 e. The molecule has 0 radical (unpaired) electrons. The molecule has 0 spiro atoms. The van der Waals surface area contributed by atoms with Gasteiger partial charge in [-0.05, 0) is 62.7 Å². The normalized spacial score (nSPS) is 11.9. The van der Waals surface area contributed by atoms with Crippen LogP contribution in [0.3, 0.4) is 0 Å². The molecular weight excluding hydrogens is 455 g/mol. The van der Waals surface area contributed by atoms with E-state index in [0.717, 1.165) is 5.56 Å². The summed E-state index contributed by atoms with van der Waals surface area (Å²) in [5, 5.41) is 3.24. The van der Waals surface area contributed by atoms with Crippen LogP contribution in [0.5, 0.6) is 0 Å². The molecule has 0 fully saturated rings. The van der Waals surface area contributed by atoms with Crippen molar-refractivity contribution >= 4 is 34.2 Å². The Kier molecular flexibility index (Phi) is 6.65. The van der Waals surface area contributed by atoms with Crippen molar-refractivity contribution in [2.24, 2.45) is 0 Å². The number of benzene rings is 3. The second-order valence-electron chi connectivity index (χ2n) is 7.93. The van der Waals surface area contributed by atoms with Crippen LogP contribution < -0.4 is 10.9 Å². The zero-order valence-corrected chi connectivity index (χ0v) is 19.8. The molecule has 3 aromatic carbocycles. The molecule has 6 nitrogen and oxygen atoms in total. The number of amides is 2. The summed E-state index contributed by atoms with van der Waals surface area (Å²) in [6.45, 7) is 5.94. The molecular formula is C26H24ClFN4O2. The highest BCUT2D eigenvalue weighted by atomic mass is 35.5. The van der Waals surface area contributed by atoms with Gasteiger partial charge in [-0.3, -0.25) is 9.36 Å². The molecule has 0 aliphatic heterocycles. The van der Waals surface area contributed by atoms with Gasteiger partial charge >= 0.3 is 6.03 Å². The molecule has 0 aliphatic carbocycles. The third-order valence-corrected chi connectivity index (χ3v) is 6.08. The Morgan fingerprint density at radius 3 is 2.56 bits per heavy atom. The van der Waals surface area contributed by atoms with Gasteiger partial charge in [0.05, 0.1) is 27.7 Å². The fourth-order valence-electron chi connectivity index (χ4n) is 3.94. The van der Waals surface area contributed by atoms with Crippen molar-refractivity contribution in [1.82, 2.24) is 14.5 Å². The maximum absolute atomic E-state index is 13.9. The van der Waals surface area contributed by atoms with Crippen molar-refractivity contribution in [1.29, 1.82) is 0 Å². The molecule has 174 valence electrons. The molecule has 1 unspecified atom stereocenters. The largest absolute Gasteiger partial charge is 0.322 e. The summed E-state index contributed by atoms with van der Waals surface area (Å²) in [5.41, 5.74) is 2.18. The van der Waals surface area contributed by atoms with Crippen molar-refractivity contribution in [3.63, 3.8) is 0 Å². The first-order valence-corrected chi connectivity index (χ1v) is 11.3. The summed E-state index contributed by atoms with van der Waals surface area (Å²) in [6, 6.07) is 17.6. The van der Waals surface area contributed by atoms with Crippen molar-refractivity contribution in [3.8, 4) is 5.69 Å². The molecule has 34 heavy (non-hydrogen) atoms. The van der Waals surface area contributed by atoms with Gasteiger partial charge in [-0.1, -0.05) is 41.9 Å². The van der Waals surface area contributed by atoms with Crippen molar-refractivity contribution in [2.45, 2.75) is 26.8 Å². The molecule has 4 aromatic rings. The van der Waals surface area contributed by atoms with E-state index in [9.17, 15) is 14.0 Å². The number of nitrogens with one attached hydrogen (secondary N) is 1. The SMILES string of the molecule is CCN(C(=O)Nc1ccccc1C)C(C)c1nc2ccccc2c(=O)n1-c1ccc(F)c(Cl)c1. The average molecular weight is 479 g/mol. The summed E-state index contributed by atoms with van der Waals surface area (Å²) in [6.07, 6.45) is 0. The Bertz CT molecular complexity index is 1440. The van der Waals surface area contributed by atoms with Crippen LogP contribution in [0.1, 0.15) is 31.3 Å². The van der Waals surface area contributed by atoms with Crippen LogP contribution in [0, 0.1) is 12.7 Å². The lowest BCUT2D eigenvalue weighted by Crippen LogP contribution is -2.39. The van der Waals surface area contributed by atoms with Gasteiger partial charge in [0.25, 0.3) is 5.56 Å². The summed E-state index contributed by atoms with van der Waals surface area (Å²) < 4.78 is 15.3. The number of fused-ring (bicyclic) bond motifs is 1. The molecule has 1 N–H and O–H groups in total. The highest BCUT2D eigenvalue weighted by Gasteiger charge is 2.26. The van der Waals surface area contributed by atoms with Gasteiger partial charge in [-0.15, -0.1) is 0 Å². The van der Waals surface area contributed by atoms with Crippen LogP contribution in [-0.2, 0) is 0 Å². The molecule has 4 rings (SSSR count). The van der Waals surface area contributed by atoms with E-state index in [1.165, 1.54) is 22.8 Å². The lowest BCUT2D eigenvalue weighted by atomic mass is 10.2. The number of aryl methyl sites for hydroxylation is 1. The van der Waals surface area contributed by atoms with Crippen LogP contribution >= 0.6 is 11.6 Å². The third kappa shape index (κ3) is 4.39. The number of nitrogens with zero attached hydrogens (tertiary/aromatic N) is 3. The average Bonchev–Trinajstić information content (AvgIpc) is 2.83. The number of carbonyl (C=O) groups excluding carboxylic acids is 1. The number of hydrogen-bond acceptors (Lipinski definition) is 3. The molecule has 0 saturated carbocycles. The molecule has 0 aliphatic rings. The molecule has 0 bridgehead atoms. The Morgan fingerprint density at radius 1 is 1.15 bits per heavy atom. The maximum atomic E-state index is 13.9. The fourth-order valence-corrected chi connectivity index (χ4v) is 4.11. The number of hydrogen-bond donors (Lipinski definition) is 1. The van der Waals surface area contributed by atoms with Crippen molar-refractivity contribution in [3.05, 3.63) is 99.3 Å². The number of urea groups is 1. The predicted octanol–water partition coefficient (Wildman–Crippen LogP) is 6.10. The Morgan fingerprint density at radius 2 is 1.85 bits per heavy atom. The van der Waals surface area contributed by atoms with E-state index in [1.54, 1.807) is 36.1 Å². The number of halogens is 2. The van der Waals surface area contributed by atoms with Crippen LogP contribution in [0.2, 0.25) is 5.02 Å². The number of carbonyl (C=O) groups is 1. The van der Waals surface area contributed by atoms with Gasteiger partial charge in [-0.25, -0.2) is 14.2 Å². The summed E-state index contributed by atoms with van der Waals surface area (Å²) in [7, 11) is 0. The summed E-state index contributed by atoms with van der Waals surface area (Å²) in [5.74, 6) is -0.247. The zero-order chi connectivity index (χ0) is 24.4. The summed E-state index contributed by atoms with van der Waals surface area (Å²) >= 11 is 6.03. The van der Waals surface area contributed by atoms with Gasteiger partial charge in [0.1, 0.15) is 11.6 Å². The highest BCUT2D eigenvalue weighted by Crippen LogP contribution is 2.26. The van der Waals surface area contributed by atoms with Crippen LogP contribution in [0.25, 0.3) is 16.6 Å². The molecule has 1 heterocycles. The topological polar surface area (TPSA) is 67.2 Å². The molecule has 1 atom stereocenters. The van der Waals surface area contributed by atoms with Gasteiger partial charge in [0.2, 0.25) is 0 Å². The second-order valence-corrected chi connectivity index (χ2v) is 8.34. The number of anilines is 1. The zero-order valence-electron chi connectivity index (χ0n) is 19.0. The second kappa shape index (κ2) is 9.65. The van der Waals surface area contributed by atoms with Crippen LogP contribution in [-0.4, -0.2) is 27.0 Å². The molecule has 1 aromatic heterocycles. The molecule has 8 heteroatoms. The van der Waals surface area contributed by atoms with Gasteiger partial charge in [-0.2, -0.15) is 0 Å². The third-order valence-electron chi connectivity index (χ3n) is 5.79. The van der Waals surface area contributed by atoms with Crippen molar-refractivity contribution < 1.29 is 9.18 Å². The summed E-state index contributed by atoms with van der Waals surface area (Å²) in [4.78, 5) is 33.1. The Labute approximate surface area is 201 Å². The van der Waals surface area contributed by atoms with E-state index in [-0.39, 0.29) is 16.6 Å². The number of rotatable bonds is 5. The number of aromatic nitrogens is 2. The maximum Gasteiger partial charge on any atom is 0.322 e. The smallest absolute Gasteiger partial charge is 0.315 e. The molecule has 2 amide bonds. The Balaban J connectivity index is 1.84. The van der Waals surface area contributed by atoms with E-state index in [4.69, 9.17) is 16.6 Å². The number of para-hydroxylation sites is 2. The fraction of sp³-hybridized carbons (Fsp3) is 0.192. The van der Waals surface area contributed by atoms with Crippen LogP contribution in [0.4, 0.5) is 14.9 Å². The minimum atomic E-state index is -0.588. The molecule has 0 saturated heterocycles. The quantitative estimate of drug-likeness (QED) is 0.376. The minimum absolute atomic E-state index is 0.110. The van der Waals surface area contributed by atoms with Crippen molar-refractivity contribution in [2.75, 3.05) is 11.9 Å². The Hall–Kier alpha value is -3.71. The van der Waals surface area contributed by atoms with E-state index < -0.39 is 11.9 Å². The lowest BCUT2D eigenvalue weighted by Gasteiger charge is -2.30. The predicted molar refractivity (Wildman–Crippen MR) is 133 cm³/mol. The van der Waals surface area contributed by atoms with Gasteiger partial charge in [0, 0.05) is 12.2 Å². The monoisotopic (exact) mass is 478 g/mol. The van der Waals surface area contributed by atoms with E-state index in [0.29, 0.717) is 34.6 Å². The van der Waals surface area contributed by atoms with E-state index in [1.807, 2.05) is 38.1 Å². The van der Waals surface area contributed by atoms with E-state index >= 15 is 0 Å². The first-order chi connectivity index (χ1) is 16.3. The van der Waals surface area contributed by atoms with Gasteiger partial charge in [0.15, 0.2) is 0 Å². The standard InChI is InChI=1S/C26H24ClFN4O2/c1-4-31(26(34)30-22-11-7-5-9-16(22)2)17(3)24-29-23-12-8-6-10-19(23)25(33)32(24)18-13-14-21(28)20(27)15-18/h5-15,17H,4H2,1-3H3,(H,30,34). The first kappa shape index (κ1) is 23.4. The van der Waals surface area contributed by atoms with Crippen LogP contribution in [0.15, 0.2) is 71.5 Å². The van der Waals surface area contributed by atoms with Gasteiger partial charge < -0.3 is 10.2 Å².